The smallest absolute Gasteiger partial charge is 0.265 e. The number of carbonyl (C=O) groups excluding carboxylic acids is 1. The first-order valence-corrected chi connectivity index (χ1v) is 8.29. The van der Waals surface area contributed by atoms with Gasteiger partial charge in [0.15, 0.2) is 0 Å². The fourth-order valence-electron chi connectivity index (χ4n) is 2.83. The van der Waals surface area contributed by atoms with Crippen LogP contribution in [0.4, 0.5) is 5.69 Å². The minimum absolute atomic E-state index is 0.0808. The molecule has 1 amide bonds. The predicted molar refractivity (Wildman–Crippen MR) is 99.8 cm³/mol. The van der Waals surface area contributed by atoms with Crippen LogP contribution in [0.3, 0.4) is 0 Å². The highest BCUT2D eigenvalue weighted by Crippen LogP contribution is 2.18. The number of anilines is 1. The molecule has 0 atom stereocenters. The summed E-state index contributed by atoms with van der Waals surface area (Å²) in [6.45, 7) is 4.19. The number of nitrogens with zero attached hydrogens (tertiary/aromatic N) is 2. The summed E-state index contributed by atoms with van der Waals surface area (Å²) in [5.41, 5.74) is 3.25. The Hall–Kier alpha value is -3.35. The molecule has 0 unspecified atom stereocenters. The molecule has 2 heterocycles. The quantitative estimate of drug-likeness (QED) is 0.736. The fraction of sp³-hybridized carbons (Fsp3) is 0.211. The summed E-state index contributed by atoms with van der Waals surface area (Å²) >= 11 is 0. The lowest BCUT2D eigenvalue weighted by atomic mass is 10.2. The number of amides is 1. The first kappa shape index (κ1) is 17.5. The zero-order valence-electron chi connectivity index (χ0n) is 14.7. The third-order valence-corrected chi connectivity index (χ3v) is 4.13. The Morgan fingerprint density at radius 3 is 2.27 bits per heavy atom. The number of H-pyrrole nitrogens is 1. The molecule has 7 heteroatoms. The first-order valence-electron chi connectivity index (χ1n) is 8.29. The maximum atomic E-state index is 12.1. The summed E-state index contributed by atoms with van der Waals surface area (Å²) in [7, 11) is 0. The molecule has 1 aromatic carbocycles. The monoisotopic (exact) mass is 352 g/mol. The van der Waals surface area contributed by atoms with Crippen LogP contribution in [-0.4, -0.2) is 20.3 Å². The molecule has 0 aliphatic carbocycles. The van der Waals surface area contributed by atoms with Gasteiger partial charge in [0.25, 0.3) is 11.1 Å². The van der Waals surface area contributed by atoms with Gasteiger partial charge in [-0.05, 0) is 50.2 Å². The number of hydrogen-bond acceptors (Lipinski definition) is 3. The van der Waals surface area contributed by atoms with Crippen molar-refractivity contribution in [1.82, 2.24) is 14.3 Å². The SMILES string of the molecule is Cc1ccc(C)n1-c1ccc(NC(=O)CCn2[nH]c(=O)ccc2=O)cc1. The number of carbonyl (C=O) groups is 1. The van der Waals surface area contributed by atoms with Gasteiger partial charge in [-0.2, -0.15) is 0 Å². The van der Waals surface area contributed by atoms with E-state index in [9.17, 15) is 14.4 Å². The van der Waals surface area contributed by atoms with Crippen LogP contribution in [0, 0.1) is 13.8 Å². The standard InChI is InChI=1S/C19H20N4O3/c1-13-3-4-14(2)23(13)16-7-5-15(6-8-16)20-17(24)11-12-22-19(26)10-9-18(25)21-22/h3-10H,11-12H2,1-2H3,(H,20,24)(H,21,25). The van der Waals surface area contributed by atoms with Crippen molar-refractivity contribution in [3.8, 4) is 5.69 Å². The van der Waals surface area contributed by atoms with Gasteiger partial charge in [0.05, 0.1) is 6.54 Å². The Bertz CT molecular complexity index is 1020. The van der Waals surface area contributed by atoms with E-state index in [1.165, 1.54) is 6.07 Å². The second-order valence-electron chi connectivity index (χ2n) is 6.10. The molecule has 0 saturated carbocycles. The largest absolute Gasteiger partial charge is 0.326 e. The van der Waals surface area contributed by atoms with Gasteiger partial charge < -0.3 is 9.88 Å². The van der Waals surface area contributed by atoms with Crippen LogP contribution in [-0.2, 0) is 11.3 Å². The highest BCUT2D eigenvalue weighted by atomic mass is 16.2. The summed E-state index contributed by atoms with van der Waals surface area (Å²) in [5.74, 6) is -0.234. The zero-order valence-corrected chi connectivity index (χ0v) is 14.7. The normalized spacial score (nSPS) is 10.7. The molecule has 0 radical (unpaired) electrons. The van der Waals surface area contributed by atoms with Crippen LogP contribution in [0.15, 0.2) is 58.1 Å². The van der Waals surface area contributed by atoms with Crippen molar-refractivity contribution in [3.63, 3.8) is 0 Å². The van der Waals surface area contributed by atoms with Gasteiger partial charge in [0, 0.05) is 41.3 Å². The van der Waals surface area contributed by atoms with E-state index in [1.807, 2.05) is 38.1 Å². The average Bonchev–Trinajstić information content (AvgIpc) is 2.95. The molecule has 3 aromatic rings. The summed E-state index contributed by atoms with van der Waals surface area (Å²) in [6.07, 6.45) is 0.0808. The van der Waals surface area contributed by atoms with E-state index in [1.54, 1.807) is 0 Å². The lowest BCUT2D eigenvalue weighted by Crippen LogP contribution is -2.29. The molecule has 26 heavy (non-hydrogen) atoms. The Kier molecular flexibility index (Phi) is 4.88. The molecule has 0 saturated heterocycles. The molecule has 0 spiro atoms. The van der Waals surface area contributed by atoms with Crippen molar-refractivity contribution in [2.24, 2.45) is 0 Å². The molecule has 0 aliphatic heterocycles. The summed E-state index contributed by atoms with van der Waals surface area (Å²) < 4.78 is 3.26. The Morgan fingerprint density at radius 2 is 1.62 bits per heavy atom. The fourth-order valence-corrected chi connectivity index (χ4v) is 2.83. The van der Waals surface area contributed by atoms with Gasteiger partial charge in [0.1, 0.15) is 0 Å². The first-order chi connectivity index (χ1) is 12.4. The van der Waals surface area contributed by atoms with Crippen molar-refractivity contribution in [1.29, 1.82) is 0 Å². The third kappa shape index (κ3) is 3.83. The van der Waals surface area contributed by atoms with Crippen molar-refractivity contribution >= 4 is 11.6 Å². The van der Waals surface area contributed by atoms with E-state index in [2.05, 4.69) is 27.1 Å². The minimum atomic E-state index is -0.379. The van der Waals surface area contributed by atoms with E-state index >= 15 is 0 Å². The molecule has 134 valence electrons. The van der Waals surface area contributed by atoms with E-state index in [0.29, 0.717) is 5.69 Å². The molecule has 0 bridgehead atoms. The molecule has 2 N–H and O–H groups in total. The highest BCUT2D eigenvalue weighted by Gasteiger charge is 2.07. The predicted octanol–water partition coefficient (Wildman–Crippen LogP) is 1.97. The highest BCUT2D eigenvalue weighted by molar-refractivity contribution is 5.90. The summed E-state index contributed by atoms with van der Waals surface area (Å²) in [6, 6.07) is 14.0. The van der Waals surface area contributed by atoms with Gasteiger partial charge in [-0.25, -0.2) is 4.68 Å². The molecule has 0 fully saturated rings. The molecular formula is C19H20N4O3. The van der Waals surface area contributed by atoms with Crippen LogP contribution < -0.4 is 16.4 Å². The van der Waals surface area contributed by atoms with Crippen LogP contribution in [0.5, 0.6) is 0 Å². The van der Waals surface area contributed by atoms with Crippen LogP contribution in [0.25, 0.3) is 5.69 Å². The Balaban J connectivity index is 1.64. The lowest BCUT2D eigenvalue weighted by Gasteiger charge is -2.11. The second kappa shape index (κ2) is 7.26. The van der Waals surface area contributed by atoms with Crippen molar-refractivity contribution in [2.45, 2.75) is 26.8 Å². The molecule has 0 aliphatic rings. The molecular weight excluding hydrogens is 332 g/mol. The Morgan fingerprint density at radius 1 is 0.962 bits per heavy atom. The maximum absolute atomic E-state index is 12.1. The number of hydrogen-bond donors (Lipinski definition) is 2. The lowest BCUT2D eigenvalue weighted by molar-refractivity contribution is -0.116. The number of rotatable bonds is 5. The van der Waals surface area contributed by atoms with E-state index in [0.717, 1.165) is 27.8 Å². The number of aromatic amines is 1. The van der Waals surface area contributed by atoms with Crippen LogP contribution in [0.2, 0.25) is 0 Å². The van der Waals surface area contributed by atoms with Crippen LogP contribution in [0.1, 0.15) is 17.8 Å². The summed E-state index contributed by atoms with van der Waals surface area (Å²) in [4.78, 5) is 34.9. The molecule has 2 aromatic heterocycles. The topological polar surface area (TPSA) is 88.9 Å². The van der Waals surface area contributed by atoms with Crippen molar-refractivity contribution in [3.05, 3.63) is 80.6 Å². The minimum Gasteiger partial charge on any atom is -0.326 e. The van der Waals surface area contributed by atoms with Crippen molar-refractivity contribution < 1.29 is 4.79 Å². The zero-order chi connectivity index (χ0) is 18.7. The van der Waals surface area contributed by atoms with Crippen LogP contribution >= 0.6 is 0 Å². The third-order valence-electron chi connectivity index (χ3n) is 4.13. The van der Waals surface area contributed by atoms with Crippen molar-refractivity contribution in [2.75, 3.05) is 5.32 Å². The van der Waals surface area contributed by atoms with E-state index in [-0.39, 0.29) is 30.0 Å². The van der Waals surface area contributed by atoms with Gasteiger partial charge >= 0.3 is 0 Å². The second-order valence-corrected chi connectivity index (χ2v) is 6.10. The van der Waals surface area contributed by atoms with E-state index in [4.69, 9.17) is 0 Å². The molecule has 7 nitrogen and oxygen atoms in total. The van der Waals surface area contributed by atoms with E-state index < -0.39 is 0 Å². The summed E-state index contributed by atoms with van der Waals surface area (Å²) in [5, 5.41) is 5.19. The average molecular weight is 352 g/mol. The number of benzene rings is 1. The number of nitrogens with one attached hydrogen (secondary N) is 2. The maximum Gasteiger partial charge on any atom is 0.265 e. The van der Waals surface area contributed by atoms with Gasteiger partial charge in [-0.3, -0.25) is 19.5 Å². The van der Waals surface area contributed by atoms with Gasteiger partial charge in [-0.15, -0.1) is 0 Å². The van der Waals surface area contributed by atoms with Gasteiger partial charge in [-0.1, -0.05) is 0 Å². The molecule has 3 rings (SSSR count). The Labute approximate surface area is 149 Å². The number of aryl methyl sites for hydroxylation is 3. The number of aromatic nitrogens is 3. The van der Waals surface area contributed by atoms with Gasteiger partial charge in [0.2, 0.25) is 5.91 Å².